The van der Waals surface area contributed by atoms with Crippen LogP contribution in [0.5, 0.6) is 0 Å². The van der Waals surface area contributed by atoms with Crippen molar-refractivity contribution < 1.29 is 9.90 Å². The van der Waals surface area contributed by atoms with Gasteiger partial charge in [0.15, 0.2) is 0 Å². The first-order valence-corrected chi connectivity index (χ1v) is 8.06. The minimum Gasteiger partial charge on any atom is -0.395 e. The van der Waals surface area contributed by atoms with Crippen molar-refractivity contribution in [1.29, 1.82) is 0 Å². The molecule has 2 aromatic carbocycles. The number of benzene rings is 2. The van der Waals surface area contributed by atoms with E-state index in [0.29, 0.717) is 13.1 Å². The van der Waals surface area contributed by atoms with E-state index in [9.17, 15) is 9.90 Å². The smallest absolute Gasteiger partial charge is 0.318 e. The number of nitrogens with one attached hydrogen (secondary N) is 1. The minimum absolute atomic E-state index is 0.0303. The number of aliphatic hydroxyl groups excluding tert-OH is 1. The molecule has 2 N–H and O–H groups in total. The Hall–Kier alpha value is -2.33. The second-order valence-corrected chi connectivity index (χ2v) is 5.81. The van der Waals surface area contributed by atoms with Gasteiger partial charge in [0.2, 0.25) is 0 Å². The summed E-state index contributed by atoms with van der Waals surface area (Å²) in [5.41, 5.74) is 3.57. The summed E-state index contributed by atoms with van der Waals surface area (Å²) in [6.45, 7) is 0.813. The molecule has 4 nitrogen and oxygen atoms in total. The second kappa shape index (κ2) is 7.29. The molecule has 0 saturated heterocycles. The van der Waals surface area contributed by atoms with E-state index < -0.39 is 0 Å². The van der Waals surface area contributed by atoms with Gasteiger partial charge in [-0.3, -0.25) is 0 Å². The van der Waals surface area contributed by atoms with Gasteiger partial charge in [0.25, 0.3) is 0 Å². The lowest BCUT2D eigenvalue weighted by molar-refractivity contribution is 0.151. The largest absolute Gasteiger partial charge is 0.395 e. The fraction of sp³-hybridized carbons (Fsp3) is 0.316. The highest BCUT2D eigenvalue weighted by molar-refractivity contribution is 5.75. The van der Waals surface area contributed by atoms with Crippen LogP contribution in [0.4, 0.5) is 4.79 Å². The molecule has 0 saturated carbocycles. The second-order valence-electron chi connectivity index (χ2n) is 5.81. The van der Waals surface area contributed by atoms with Crippen LogP contribution >= 0.6 is 0 Å². The summed E-state index contributed by atoms with van der Waals surface area (Å²) < 4.78 is 0. The maximum absolute atomic E-state index is 12.6. The van der Waals surface area contributed by atoms with Crippen LogP contribution < -0.4 is 5.32 Å². The third-order valence-corrected chi connectivity index (χ3v) is 4.37. The Kier molecular flexibility index (Phi) is 4.93. The normalized spacial score (nSPS) is 16.0. The Balaban J connectivity index is 1.70. The van der Waals surface area contributed by atoms with Crippen LogP contribution in [-0.2, 0) is 13.0 Å². The summed E-state index contributed by atoms with van der Waals surface area (Å²) in [4.78, 5) is 14.4. The molecule has 0 aromatic heterocycles. The number of hydrogen-bond acceptors (Lipinski definition) is 2. The van der Waals surface area contributed by atoms with Crippen molar-refractivity contribution in [3.05, 3.63) is 71.3 Å². The van der Waals surface area contributed by atoms with Crippen molar-refractivity contribution >= 4 is 6.03 Å². The summed E-state index contributed by atoms with van der Waals surface area (Å²) >= 11 is 0. The van der Waals surface area contributed by atoms with Crippen LogP contribution in [0, 0.1) is 0 Å². The van der Waals surface area contributed by atoms with Crippen molar-refractivity contribution in [3.63, 3.8) is 0 Å². The van der Waals surface area contributed by atoms with E-state index in [0.717, 1.165) is 18.4 Å². The highest BCUT2D eigenvalue weighted by Gasteiger charge is 2.30. The predicted octanol–water partition coefficient (Wildman–Crippen LogP) is 2.88. The molecule has 1 unspecified atom stereocenters. The fourth-order valence-electron chi connectivity index (χ4n) is 3.24. The van der Waals surface area contributed by atoms with Gasteiger partial charge in [-0.15, -0.1) is 0 Å². The van der Waals surface area contributed by atoms with E-state index in [1.807, 2.05) is 42.5 Å². The quantitative estimate of drug-likeness (QED) is 0.892. The molecule has 120 valence electrons. The van der Waals surface area contributed by atoms with E-state index in [1.54, 1.807) is 4.90 Å². The topological polar surface area (TPSA) is 52.6 Å². The van der Waals surface area contributed by atoms with Crippen molar-refractivity contribution in [2.75, 3.05) is 13.2 Å². The molecular weight excluding hydrogens is 288 g/mol. The monoisotopic (exact) mass is 310 g/mol. The molecule has 0 bridgehead atoms. The molecule has 4 heteroatoms. The third kappa shape index (κ3) is 3.54. The molecule has 0 fully saturated rings. The van der Waals surface area contributed by atoms with Gasteiger partial charge in [-0.2, -0.15) is 0 Å². The number of nitrogens with zero attached hydrogens (tertiary/aromatic N) is 1. The Morgan fingerprint density at radius 1 is 1.13 bits per heavy atom. The van der Waals surface area contributed by atoms with Crippen LogP contribution in [0.1, 0.15) is 29.2 Å². The average molecular weight is 310 g/mol. The van der Waals surface area contributed by atoms with Crippen LogP contribution in [0.25, 0.3) is 0 Å². The number of amides is 2. The van der Waals surface area contributed by atoms with E-state index in [-0.39, 0.29) is 18.7 Å². The summed E-state index contributed by atoms with van der Waals surface area (Å²) in [6.07, 6.45) is 1.90. The lowest BCUT2D eigenvalue weighted by Gasteiger charge is -2.29. The molecule has 3 rings (SSSR count). The summed E-state index contributed by atoms with van der Waals surface area (Å²) in [6, 6.07) is 18.0. The van der Waals surface area contributed by atoms with Crippen LogP contribution in [0.3, 0.4) is 0 Å². The lowest BCUT2D eigenvalue weighted by atomic mass is 10.1. The highest BCUT2D eigenvalue weighted by Crippen LogP contribution is 2.35. The van der Waals surface area contributed by atoms with Gasteiger partial charge < -0.3 is 15.3 Å². The SMILES string of the molecule is O=C(NCc1ccccc1)N(CCO)C1CCc2ccccc21. The maximum atomic E-state index is 12.6. The van der Waals surface area contributed by atoms with Crippen LogP contribution in [-0.4, -0.2) is 29.2 Å². The Morgan fingerprint density at radius 2 is 1.87 bits per heavy atom. The predicted molar refractivity (Wildman–Crippen MR) is 90.0 cm³/mol. The molecule has 0 heterocycles. The van der Waals surface area contributed by atoms with Crippen LogP contribution in [0.2, 0.25) is 0 Å². The Morgan fingerprint density at radius 3 is 2.65 bits per heavy atom. The zero-order chi connectivity index (χ0) is 16.1. The van der Waals surface area contributed by atoms with Gasteiger partial charge in [-0.05, 0) is 29.5 Å². The van der Waals surface area contributed by atoms with Gasteiger partial charge in [-0.25, -0.2) is 4.79 Å². The van der Waals surface area contributed by atoms with Gasteiger partial charge >= 0.3 is 6.03 Å². The van der Waals surface area contributed by atoms with E-state index in [4.69, 9.17) is 0 Å². The van der Waals surface area contributed by atoms with Gasteiger partial charge in [-0.1, -0.05) is 54.6 Å². The summed E-state index contributed by atoms with van der Waals surface area (Å²) in [7, 11) is 0. The fourth-order valence-corrected chi connectivity index (χ4v) is 3.24. The number of carbonyl (C=O) groups excluding carboxylic acids is 1. The van der Waals surface area contributed by atoms with Gasteiger partial charge in [0.05, 0.1) is 12.6 Å². The standard InChI is InChI=1S/C19H22N2O2/c22-13-12-21(18-11-10-16-8-4-5-9-17(16)18)19(23)20-14-15-6-2-1-3-7-15/h1-9,18,22H,10-14H2,(H,20,23). The van der Waals surface area contributed by atoms with Crippen molar-refractivity contribution in [1.82, 2.24) is 10.2 Å². The van der Waals surface area contributed by atoms with E-state index in [2.05, 4.69) is 17.4 Å². The third-order valence-electron chi connectivity index (χ3n) is 4.37. The van der Waals surface area contributed by atoms with E-state index in [1.165, 1.54) is 11.1 Å². The molecule has 2 amide bonds. The van der Waals surface area contributed by atoms with Crippen molar-refractivity contribution in [2.45, 2.75) is 25.4 Å². The first kappa shape index (κ1) is 15.6. The molecule has 23 heavy (non-hydrogen) atoms. The van der Waals surface area contributed by atoms with Crippen molar-refractivity contribution in [3.8, 4) is 0 Å². The van der Waals surface area contributed by atoms with Gasteiger partial charge in [0.1, 0.15) is 0 Å². The number of fused-ring (bicyclic) bond motifs is 1. The zero-order valence-electron chi connectivity index (χ0n) is 13.1. The molecule has 1 aliphatic rings. The summed E-state index contributed by atoms with van der Waals surface area (Å²) in [5, 5.41) is 12.3. The first-order valence-electron chi connectivity index (χ1n) is 8.06. The van der Waals surface area contributed by atoms with Gasteiger partial charge in [0, 0.05) is 13.1 Å². The Labute approximate surface area is 136 Å². The number of aryl methyl sites for hydroxylation is 1. The average Bonchev–Trinajstić information content (AvgIpc) is 3.02. The lowest BCUT2D eigenvalue weighted by Crippen LogP contribution is -2.42. The zero-order valence-corrected chi connectivity index (χ0v) is 13.1. The Bertz CT molecular complexity index is 657. The number of carbonyl (C=O) groups is 1. The molecule has 2 aromatic rings. The molecule has 1 aliphatic carbocycles. The first-order chi connectivity index (χ1) is 11.3. The molecule has 1 atom stereocenters. The molecule has 0 spiro atoms. The summed E-state index contributed by atoms with van der Waals surface area (Å²) in [5.74, 6) is 0. The highest BCUT2D eigenvalue weighted by atomic mass is 16.3. The van der Waals surface area contributed by atoms with Crippen molar-refractivity contribution in [2.24, 2.45) is 0 Å². The number of hydrogen-bond donors (Lipinski definition) is 2. The number of urea groups is 1. The molecular formula is C19H22N2O2. The van der Waals surface area contributed by atoms with E-state index >= 15 is 0 Å². The van der Waals surface area contributed by atoms with Crippen LogP contribution in [0.15, 0.2) is 54.6 Å². The maximum Gasteiger partial charge on any atom is 0.318 e. The molecule has 0 aliphatic heterocycles. The number of rotatable bonds is 5. The number of aliphatic hydroxyl groups is 1. The molecule has 0 radical (unpaired) electrons. The minimum atomic E-state index is -0.121.